The molecule has 57 heavy (non-hydrogen) atoms. The maximum absolute atomic E-state index is 4.96. The Balaban J connectivity index is 1.06. The van der Waals surface area contributed by atoms with Crippen LogP contribution in [0.1, 0.15) is 5.56 Å². The topological polar surface area (TPSA) is 72.6 Å². The van der Waals surface area contributed by atoms with Crippen LogP contribution in [0, 0.1) is 0 Å². The molecule has 0 atom stereocenters. The quantitative estimate of drug-likeness (QED) is 0.169. The van der Waals surface area contributed by atoms with Gasteiger partial charge < -0.3 is 9.47 Å². The second-order valence-corrected chi connectivity index (χ2v) is 13.9. The van der Waals surface area contributed by atoms with Crippen molar-refractivity contribution in [2.24, 2.45) is 0 Å². The second-order valence-electron chi connectivity index (χ2n) is 13.9. The van der Waals surface area contributed by atoms with Gasteiger partial charge in [0.1, 0.15) is 6.33 Å². The van der Waals surface area contributed by atoms with Crippen molar-refractivity contribution in [1.29, 1.82) is 0 Å². The molecule has 7 nitrogen and oxygen atoms in total. The number of anilines is 2. The van der Waals surface area contributed by atoms with E-state index in [1.165, 1.54) is 28.1 Å². The Labute approximate surface area is 330 Å². The van der Waals surface area contributed by atoms with Gasteiger partial charge in [0.15, 0.2) is 11.6 Å². The third-order valence-electron chi connectivity index (χ3n) is 10.3. The molecule has 1 aliphatic rings. The van der Waals surface area contributed by atoms with Crippen LogP contribution in [-0.4, -0.2) is 36.0 Å². The Morgan fingerprint density at radius 3 is 1.82 bits per heavy atom. The highest BCUT2D eigenvalue weighted by Crippen LogP contribution is 2.38. The maximum Gasteiger partial charge on any atom is 0.201 e. The lowest BCUT2D eigenvalue weighted by atomic mass is 10.00. The van der Waals surface area contributed by atoms with Crippen molar-refractivity contribution < 1.29 is 0 Å². The Morgan fingerprint density at radius 1 is 0.491 bits per heavy atom. The fourth-order valence-electron chi connectivity index (χ4n) is 7.62. The molecule has 0 unspecified atom stereocenters. The minimum absolute atomic E-state index is 0.393. The van der Waals surface area contributed by atoms with Crippen molar-refractivity contribution in [1.82, 2.24) is 29.5 Å². The fraction of sp³-hybridized carbons (Fsp3) is 0.0200. The van der Waals surface area contributed by atoms with Gasteiger partial charge in [-0.25, -0.2) is 24.9 Å². The predicted molar refractivity (Wildman–Crippen MR) is 232 cm³/mol. The van der Waals surface area contributed by atoms with E-state index in [-0.39, 0.29) is 0 Å². The summed E-state index contributed by atoms with van der Waals surface area (Å²) in [4.78, 5) is 26.4. The summed E-state index contributed by atoms with van der Waals surface area (Å²) in [6, 6.07) is 54.5. The van der Waals surface area contributed by atoms with Gasteiger partial charge in [-0.1, -0.05) is 134 Å². The lowest BCUT2D eigenvalue weighted by Crippen LogP contribution is -2.18. The number of aromatic nitrogens is 6. The molecule has 7 heteroatoms. The normalized spacial score (nSPS) is 13.8. The second kappa shape index (κ2) is 14.5. The van der Waals surface area contributed by atoms with Crippen molar-refractivity contribution in [3.63, 3.8) is 0 Å². The number of allylic oxidation sites excluding steroid dienone is 4. The molecule has 0 spiro atoms. The Morgan fingerprint density at radius 2 is 1.12 bits per heavy atom. The first-order chi connectivity index (χ1) is 28.2. The van der Waals surface area contributed by atoms with Crippen LogP contribution in [0.4, 0.5) is 11.4 Å². The molecule has 4 heterocycles. The van der Waals surface area contributed by atoms with Crippen LogP contribution in [0.2, 0.25) is 0 Å². The Kier molecular flexibility index (Phi) is 8.57. The van der Waals surface area contributed by atoms with Gasteiger partial charge in [-0.2, -0.15) is 0 Å². The van der Waals surface area contributed by atoms with E-state index in [0.717, 1.165) is 56.3 Å². The molecule has 0 saturated heterocycles. The zero-order valence-electron chi connectivity index (χ0n) is 30.9. The number of rotatable bonds is 6. The van der Waals surface area contributed by atoms with Crippen LogP contribution in [-0.2, 0) is 0 Å². The monoisotopic (exact) mass is 733 g/mol. The first-order valence-electron chi connectivity index (χ1n) is 18.9. The van der Waals surface area contributed by atoms with E-state index in [1.54, 1.807) is 0 Å². The summed E-state index contributed by atoms with van der Waals surface area (Å²) in [5.74, 6) is 1.34. The van der Waals surface area contributed by atoms with Crippen LogP contribution in [0.3, 0.4) is 0 Å². The van der Waals surface area contributed by atoms with E-state index >= 15 is 0 Å². The van der Waals surface area contributed by atoms with Gasteiger partial charge in [0.25, 0.3) is 0 Å². The number of benzene rings is 6. The molecule has 0 bridgehead atoms. The molecule has 0 saturated carbocycles. The van der Waals surface area contributed by atoms with Crippen molar-refractivity contribution in [3.8, 4) is 51.2 Å². The standard InChI is InChI=1S/C50H35N7/c1-34-16-5-4-14-29-56(38-21-15-22-39(31-38)57-46-25-12-10-23-40(46)41-24-11-13-26-47(41)57)45-28-27-37(30-42(34)45)48-51-33-52-49(55-48)50-53-43(35-17-6-2-7-18-35)32-44(54-50)36-19-8-3-9-20-36/h2-28,30-33H,1,29H2/b14-4-,16-5-. The molecule has 0 N–H and O–H groups in total. The van der Waals surface area contributed by atoms with Gasteiger partial charge in [0, 0.05) is 56.6 Å². The lowest BCUT2D eigenvalue weighted by molar-refractivity contribution is 1.02. The summed E-state index contributed by atoms with van der Waals surface area (Å²) in [5.41, 5.74) is 11.8. The van der Waals surface area contributed by atoms with Crippen LogP contribution in [0.15, 0.2) is 195 Å². The molecule has 10 rings (SSSR count). The van der Waals surface area contributed by atoms with E-state index in [9.17, 15) is 0 Å². The van der Waals surface area contributed by atoms with Crippen LogP contribution >= 0.6 is 0 Å². The van der Waals surface area contributed by atoms with E-state index in [4.69, 9.17) is 15.0 Å². The van der Waals surface area contributed by atoms with Gasteiger partial charge in [-0.15, -0.1) is 0 Å². The summed E-state index contributed by atoms with van der Waals surface area (Å²) in [7, 11) is 0. The van der Waals surface area contributed by atoms with Crippen molar-refractivity contribution in [3.05, 3.63) is 200 Å². The third kappa shape index (κ3) is 6.37. The smallest absolute Gasteiger partial charge is 0.201 e. The molecule has 9 aromatic rings. The highest BCUT2D eigenvalue weighted by atomic mass is 15.1. The number of para-hydroxylation sites is 2. The lowest BCUT2D eigenvalue weighted by Gasteiger charge is -2.27. The van der Waals surface area contributed by atoms with Crippen LogP contribution < -0.4 is 4.90 Å². The zero-order chi connectivity index (χ0) is 38.1. The number of hydrogen-bond acceptors (Lipinski definition) is 6. The van der Waals surface area contributed by atoms with E-state index < -0.39 is 0 Å². The molecule has 0 amide bonds. The first kappa shape index (κ1) is 33.8. The van der Waals surface area contributed by atoms with Crippen molar-refractivity contribution in [2.45, 2.75) is 0 Å². The maximum atomic E-state index is 4.96. The summed E-state index contributed by atoms with van der Waals surface area (Å²) >= 11 is 0. The van der Waals surface area contributed by atoms with Gasteiger partial charge in [0.2, 0.25) is 5.82 Å². The molecule has 0 radical (unpaired) electrons. The molecule has 3 aromatic heterocycles. The minimum atomic E-state index is 0.393. The van der Waals surface area contributed by atoms with Gasteiger partial charge in [0.05, 0.1) is 22.4 Å². The molecule has 6 aromatic carbocycles. The average Bonchev–Trinajstić information content (AvgIpc) is 3.65. The molecular formula is C50H35N7. The van der Waals surface area contributed by atoms with Gasteiger partial charge in [-0.05, 0) is 60.2 Å². The summed E-state index contributed by atoms with van der Waals surface area (Å²) in [6.07, 6.45) is 9.87. The SMILES string of the molecule is C=C1/C=C\C=C/CN(c2cccc(-n3c4ccccc4c4ccccc43)c2)c2ccc(-c3ncnc(-c4nc(-c5ccccc5)cc(-c5ccccc5)n4)n3)cc21. The number of hydrogen-bond donors (Lipinski definition) is 0. The molecule has 0 aliphatic carbocycles. The Hall–Kier alpha value is -7.77. The summed E-state index contributed by atoms with van der Waals surface area (Å²) in [5, 5.41) is 2.47. The number of fused-ring (bicyclic) bond motifs is 4. The van der Waals surface area contributed by atoms with E-state index in [2.05, 4.69) is 129 Å². The van der Waals surface area contributed by atoms with Crippen LogP contribution in [0.25, 0.3) is 78.6 Å². The van der Waals surface area contributed by atoms with Crippen molar-refractivity contribution >= 4 is 38.8 Å². The molecule has 0 fully saturated rings. The predicted octanol–water partition coefficient (Wildman–Crippen LogP) is 11.7. The molecule has 270 valence electrons. The van der Waals surface area contributed by atoms with Gasteiger partial charge >= 0.3 is 0 Å². The molecule has 1 aliphatic heterocycles. The highest BCUT2D eigenvalue weighted by Gasteiger charge is 2.20. The highest BCUT2D eigenvalue weighted by molar-refractivity contribution is 6.09. The third-order valence-corrected chi connectivity index (χ3v) is 10.3. The largest absolute Gasteiger partial charge is 0.337 e. The fourth-order valence-corrected chi connectivity index (χ4v) is 7.62. The van der Waals surface area contributed by atoms with Crippen molar-refractivity contribution in [2.75, 3.05) is 11.4 Å². The zero-order valence-corrected chi connectivity index (χ0v) is 30.9. The summed E-state index contributed by atoms with van der Waals surface area (Å²) < 4.78 is 2.35. The van der Waals surface area contributed by atoms with E-state index in [0.29, 0.717) is 24.0 Å². The van der Waals surface area contributed by atoms with Crippen LogP contribution in [0.5, 0.6) is 0 Å². The Bertz CT molecular complexity index is 2910. The average molecular weight is 734 g/mol. The molecular weight excluding hydrogens is 699 g/mol. The van der Waals surface area contributed by atoms with E-state index in [1.807, 2.05) is 78.9 Å². The minimum Gasteiger partial charge on any atom is -0.337 e. The van der Waals surface area contributed by atoms with Gasteiger partial charge in [-0.3, -0.25) is 0 Å². The summed E-state index contributed by atoms with van der Waals surface area (Å²) in [6.45, 7) is 5.17. The number of nitrogens with zero attached hydrogens (tertiary/aromatic N) is 7. The first-order valence-corrected chi connectivity index (χ1v) is 18.9.